The number of carbonyl (C=O) groups excluding carboxylic acids is 1. The Morgan fingerprint density at radius 3 is 2.95 bits per heavy atom. The van der Waals surface area contributed by atoms with Crippen molar-refractivity contribution >= 4 is 34.6 Å². The summed E-state index contributed by atoms with van der Waals surface area (Å²) in [6.45, 7) is 2.43. The first-order valence-electron chi connectivity index (χ1n) is 6.11. The van der Waals surface area contributed by atoms with Gasteiger partial charge >= 0.3 is 5.97 Å². The number of hydrogen-bond donors (Lipinski definition) is 2. The van der Waals surface area contributed by atoms with Crippen LogP contribution in [-0.4, -0.2) is 31.4 Å². The average molecular weight is 312 g/mol. The predicted octanol–water partition coefficient (Wildman–Crippen LogP) is 1.73. The molecule has 0 saturated carbocycles. The second-order valence-electron chi connectivity index (χ2n) is 4.21. The van der Waals surface area contributed by atoms with Gasteiger partial charge in [0.25, 0.3) is 0 Å². The number of thiophene rings is 1. The fraction of sp³-hybridized carbons (Fsp3) is 0.385. The van der Waals surface area contributed by atoms with E-state index in [9.17, 15) is 4.79 Å². The number of methoxy groups -OCH3 is 1. The number of carbonyl (C=O) groups is 1. The lowest BCUT2D eigenvalue weighted by Crippen LogP contribution is -2.45. The standard InChI is InChI=1S/C13H16N2O3S2/c1-8-10(12(16)18-6-5-17-2)11(15-13(19)14-8)9-4-3-7-20-9/h3-4,7,11H,5-6H2,1-2H3,(H2,14,15,19)/t11-/m0/s1. The summed E-state index contributed by atoms with van der Waals surface area (Å²) >= 11 is 6.72. The molecule has 108 valence electrons. The molecule has 0 unspecified atom stereocenters. The highest BCUT2D eigenvalue weighted by atomic mass is 32.1. The minimum absolute atomic E-state index is 0.230. The number of allylic oxidation sites excluding steroid dienone is 1. The smallest absolute Gasteiger partial charge is 0.338 e. The van der Waals surface area contributed by atoms with Crippen LogP contribution in [0.2, 0.25) is 0 Å². The van der Waals surface area contributed by atoms with Crippen molar-refractivity contribution in [1.82, 2.24) is 10.6 Å². The van der Waals surface area contributed by atoms with Gasteiger partial charge in [-0.1, -0.05) is 6.07 Å². The summed E-state index contributed by atoms with van der Waals surface area (Å²) in [6.07, 6.45) is 0. The molecule has 5 nitrogen and oxygen atoms in total. The van der Waals surface area contributed by atoms with E-state index in [0.717, 1.165) is 10.6 Å². The van der Waals surface area contributed by atoms with E-state index < -0.39 is 0 Å². The SMILES string of the molecule is COCCOC(=O)C1=C(C)NC(=S)N[C@H]1c1cccs1. The molecule has 0 saturated heterocycles. The molecule has 0 fully saturated rings. The molecule has 1 aromatic rings. The van der Waals surface area contributed by atoms with E-state index in [2.05, 4.69) is 10.6 Å². The van der Waals surface area contributed by atoms with Gasteiger partial charge < -0.3 is 20.1 Å². The van der Waals surface area contributed by atoms with Crippen LogP contribution in [0, 0.1) is 0 Å². The van der Waals surface area contributed by atoms with Crippen molar-refractivity contribution in [3.8, 4) is 0 Å². The molecule has 0 spiro atoms. The van der Waals surface area contributed by atoms with Crippen LogP contribution in [0.3, 0.4) is 0 Å². The van der Waals surface area contributed by atoms with Gasteiger partial charge in [0, 0.05) is 17.7 Å². The molecular formula is C13H16N2O3S2. The Kier molecular flexibility index (Phi) is 5.11. The number of thiocarbonyl (C=S) groups is 1. The zero-order valence-electron chi connectivity index (χ0n) is 11.3. The van der Waals surface area contributed by atoms with Crippen LogP contribution in [0.5, 0.6) is 0 Å². The second-order valence-corrected chi connectivity index (χ2v) is 5.60. The summed E-state index contributed by atoms with van der Waals surface area (Å²) in [5, 5.41) is 8.55. The highest BCUT2D eigenvalue weighted by Gasteiger charge is 2.31. The van der Waals surface area contributed by atoms with Gasteiger partial charge in [-0.3, -0.25) is 0 Å². The molecule has 0 radical (unpaired) electrons. The van der Waals surface area contributed by atoms with Crippen molar-refractivity contribution < 1.29 is 14.3 Å². The third-order valence-corrected chi connectivity index (χ3v) is 3.99. The first kappa shape index (κ1) is 15.0. The Morgan fingerprint density at radius 1 is 1.50 bits per heavy atom. The summed E-state index contributed by atoms with van der Waals surface area (Å²) in [6, 6.07) is 3.64. The molecular weight excluding hydrogens is 296 g/mol. The molecule has 2 N–H and O–H groups in total. The van der Waals surface area contributed by atoms with Gasteiger partial charge in [-0.2, -0.15) is 0 Å². The molecule has 2 rings (SSSR count). The van der Waals surface area contributed by atoms with Crippen molar-refractivity contribution in [2.24, 2.45) is 0 Å². The molecule has 1 aliphatic heterocycles. The topological polar surface area (TPSA) is 59.6 Å². The van der Waals surface area contributed by atoms with E-state index in [1.807, 2.05) is 24.4 Å². The zero-order chi connectivity index (χ0) is 14.5. The van der Waals surface area contributed by atoms with Gasteiger partial charge in [-0.05, 0) is 30.6 Å². The molecule has 2 heterocycles. The highest BCUT2D eigenvalue weighted by Crippen LogP contribution is 2.30. The lowest BCUT2D eigenvalue weighted by Gasteiger charge is -2.28. The second kappa shape index (κ2) is 6.83. The average Bonchev–Trinajstić information content (AvgIpc) is 2.91. The summed E-state index contributed by atoms with van der Waals surface area (Å²) in [4.78, 5) is 13.3. The normalized spacial score (nSPS) is 18.5. The molecule has 1 aliphatic rings. The highest BCUT2D eigenvalue weighted by molar-refractivity contribution is 7.80. The predicted molar refractivity (Wildman–Crippen MR) is 81.5 cm³/mol. The van der Waals surface area contributed by atoms with E-state index in [-0.39, 0.29) is 18.6 Å². The first-order valence-corrected chi connectivity index (χ1v) is 7.40. The van der Waals surface area contributed by atoms with Crippen LogP contribution >= 0.6 is 23.6 Å². The number of ether oxygens (including phenoxy) is 2. The third-order valence-electron chi connectivity index (χ3n) is 2.84. The van der Waals surface area contributed by atoms with Crippen LogP contribution in [-0.2, 0) is 14.3 Å². The lowest BCUT2D eigenvalue weighted by atomic mass is 10.0. The molecule has 7 heteroatoms. The molecule has 0 bridgehead atoms. The van der Waals surface area contributed by atoms with Crippen molar-refractivity contribution in [2.45, 2.75) is 13.0 Å². The maximum atomic E-state index is 12.2. The summed E-state index contributed by atoms with van der Waals surface area (Å²) in [5.74, 6) is -0.361. The Hall–Kier alpha value is -1.44. The maximum Gasteiger partial charge on any atom is 0.338 e. The summed E-state index contributed by atoms with van der Waals surface area (Å²) in [5.41, 5.74) is 1.27. The summed E-state index contributed by atoms with van der Waals surface area (Å²) in [7, 11) is 1.56. The molecule has 1 aromatic heterocycles. The van der Waals surface area contributed by atoms with Crippen molar-refractivity contribution in [3.05, 3.63) is 33.7 Å². The van der Waals surface area contributed by atoms with Gasteiger partial charge in [0.2, 0.25) is 0 Å². The van der Waals surface area contributed by atoms with Crippen LogP contribution in [0.4, 0.5) is 0 Å². The molecule has 0 aromatic carbocycles. The third kappa shape index (κ3) is 3.36. The van der Waals surface area contributed by atoms with Crippen molar-refractivity contribution in [1.29, 1.82) is 0 Å². The summed E-state index contributed by atoms with van der Waals surface area (Å²) < 4.78 is 10.1. The Labute approximate surface area is 127 Å². The van der Waals surface area contributed by atoms with Gasteiger partial charge in [0.1, 0.15) is 6.61 Å². The Morgan fingerprint density at radius 2 is 2.30 bits per heavy atom. The zero-order valence-corrected chi connectivity index (χ0v) is 12.9. The number of rotatable bonds is 5. The number of esters is 1. The minimum atomic E-state index is -0.361. The van der Waals surface area contributed by atoms with E-state index in [1.165, 1.54) is 0 Å². The van der Waals surface area contributed by atoms with Gasteiger partial charge in [-0.15, -0.1) is 11.3 Å². The monoisotopic (exact) mass is 312 g/mol. The van der Waals surface area contributed by atoms with Crippen LogP contribution in [0.15, 0.2) is 28.8 Å². The van der Waals surface area contributed by atoms with E-state index in [0.29, 0.717) is 17.3 Å². The van der Waals surface area contributed by atoms with Crippen molar-refractivity contribution in [3.63, 3.8) is 0 Å². The van der Waals surface area contributed by atoms with E-state index in [4.69, 9.17) is 21.7 Å². The van der Waals surface area contributed by atoms with E-state index >= 15 is 0 Å². The van der Waals surface area contributed by atoms with Crippen molar-refractivity contribution in [2.75, 3.05) is 20.3 Å². The maximum absolute atomic E-state index is 12.2. The molecule has 1 atom stereocenters. The number of nitrogens with one attached hydrogen (secondary N) is 2. The van der Waals surface area contributed by atoms with Gasteiger partial charge in [0.05, 0.1) is 18.2 Å². The quantitative estimate of drug-likeness (QED) is 0.490. The fourth-order valence-electron chi connectivity index (χ4n) is 1.93. The molecule has 20 heavy (non-hydrogen) atoms. The molecule has 0 amide bonds. The minimum Gasteiger partial charge on any atom is -0.460 e. The van der Waals surface area contributed by atoms with Crippen LogP contribution in [0.25, 0.3) is 0 Å². The fourth-order valence-corrected chi connectivity index (χ4v) is 2.98. The molecule has 0 aliphatic carbocycles. The first-order chi connectivity index (χ1) is 9.63. The van der Waals surface area contributed by atoms with Crippen LogP contribution < -0.4 is 10.6 Å². The Balaban J connectivity index is 2.22. The largest absolute Gasteiger partial charge is 0.460 e. The van der Waals surface area contributed by atoms with Gasteiger partial charge in [-0.25, -0.2) is 4.79 Å². The lowest BCUT2D eigenvalue weighted by molar-refractivity contribution is -0.140. The Bertz CT molecular complexity index is 526. The van der Waals surface area contributed by atoms with E-state index in [1.54, 1.807) is 18.4 Å². The number of hydrogen-bond acceptors (Lipinski definition) is 5. The van der Waals surface area contributed by atoms with Gasteiger partial charge in [0.15, 0.2) is 5.11 Å². The van der Waals surface area contributed by atoms with Crippen LogP contribution in [0.1, 0.15) is 17.8 Å².